The van der Waals surface area contributed by atoms with Crippen LogP contribution in [0.3, 0.4) is 0 Å². The van der Waals surface area contributed by atoms with E-state index in [1.54, 1.807) is 12.1 Å². The number of fused-ring (bicyclic) bond motifs is 2. The molecule has 1 amide bonds. The lowest BCUT2D eigenvalue weighted by Gasteiger charge is -2.42. The summed E-state index contributed by atoms with van der Waals surface area (Å²) in [6, 6.07) is 18.7. The lowest BCUT2D eigenvalue weighted by atomic mass is 9.85. The Balaban J connectivity index is 1.36. The number of ether oxygens (including phenoxy) is 1. The van der Waals surface area contributed by atoms with Crippen LogP contribution in [0.25, 0.3) is 0 Å². The van der Waals surface area contributed by atoms with Gasteiger partial charge in [-0.05, 0) is 25.1 Å². The zero-order valence-corrected chi connectivity index (χ0v) is 16.1. The number of hydrogen-bond acceptors (Lipinski definition) is 4. The molecular weight excluding hydrogens is 366 g/mol. The van der Waals surface area contributed by atoms with Crippen LogP contribution in [0, 0.1) is 12.8 Å². The average molecular weight is 387 g/mol. The van der Waals surface area contributed by atoms with Gasteiger partial charge >= 0.3 is 0 Å². The summed E-state index contributed by atoms with van der Waals surface area (Å²) < 4.78 is 7.50. The number of rotatable bonds is 3. The summed E-state index contributed by atoms with van der Waals surface area (Å²) in [5, 5.41) is 4.30. The molecule has 0 bridgehead atoms. The van der Waals surface area contributed by atoms with Crippen molar-refractivity contribution >= 4 is 5.91 Å². The van der Waals surface area contributed by atoms with Crippen molar-refractivity contribution in [3.05, 3.63) is 87.8 Å². The Morgan fingerprint density at radius 1 is 1.00 bits per heavy atom. The minimum Gasteiger partial charge on any atom is -0.457 e. The van der Waals surface area contributed by atoms with Crippen molar-refractivity contribution < 1.29 is 9.53 Å². The first-order valence-electron chi connectivity index (χ1n) is 9.79. The molecule has 2 aromatic carbocycles. The number of hydrogen-bond donors (Lipinski definition) is 0. The van der Waals surface area contributed by atoms with E-state index in [9.17, 15) is 9.59 Å². The van der Waals surface area contributed by atoms with Crippen LogP contribution in [0.4, 0.5) is 0 Å². The lowest BCUT2D eigenvalue weighted by molar-refractivity contribution is -0.138. The summed E-state index contributed by atoms with van der Waals surface area (Å²) in [5.41, 5.74) is 2.51. The average Bonchev–Trinajstić information content (AvgIpc) is 2.70. The highest BCUT2D eigenvalue weighted by Crippen LogP contribution is 2.45. The SMILES string of the molecule is Cc1ccc(=O)n(CC2CN(C(=O)C3c4ccccc4Oc4ccccc43)C2)n1. The highest BCUT2D eigenvalue weighted by Gasteiger charge is 2.39. The molecule has 3 aromatic rings. The standard InChI is InChI=1S/C23H21N3O3/c1-15-10-11-21(27)26(24-15)14-16-12-25(13-16)23(28)22-17-6-2-4-8-19(17)29-20-9-5-3-7-18(20)22/h2-11,16,22H,12-14H2,1H3. The van der Waals surface area contributed by atoms with E-state index in [0.29, 0.717) is 19.6 Å². The van der Waals surface area contributed by atoms with E-state index < -0.39 is 0 Å². The van der Waals surface area contributed by atoms with E-state index >= 15 is 0 Å². The molecule has 1 fully saturated rings. The number of carbonyl (C=O) groups excluding carboxylic acids is 1. The van der Waals surface area contributed by atoms with Crippen LogP contribution < -0.4 is 10.3 Å². The number of likely N-dealkylation sites (tertiary alicyclic amines) is 1. The van der Waals surface area contributed by atoms with Crippen molar-refractivity contribution in [2.24, 2.45) is 5.92 Å². The molecule has 5 rings (SSSR count). The van der Waals surface area contributed by atoms with Gasteiger partial charge in [0.2, 0.25) is 5.91 Å². The Bertz CT molecular complexity index is 1100. The summed E-state index contributed by atoms with van der Waals surface area (Å²) in [4.78, 5) is 27.3. The van der Waals surface area contributed by atoms with E-state index in [4.69, 9.17) is 4.74 Å². The molecule has 1 aromatic heterocycles. The van der Waals surface area contributed by atoms with Crippen LogP contribution in [-0.2, 0) is 11.3 Å². The molecule has 0 radical (unpaired) electrons. The van der Waals surface area contributed by atoms with Gasteiger partial charge in [-0.3, -0.25) is 9.59 Å². The van der Waals surface area contributed by atoms with Crippen LogP contribution in [0.1, 0.15) is 22.7 Å². The number of amides is 1. The maximum Gasteiger partial charge on any atom is 0.266 e. The zero-order chi connectivity index (χ0) is 20.0. The first kappa shape index (κ1) is 17.7. The molecule has 0 spiro atoms. The molecule has 0 saturated carbocycles. The summed E-state index contributed by atoms with van der Waals surface area (Å²) in [6.45, 7) is 3.66. The van der Waals surface area contributed by atoms with Crippen molar-refractivity contribution in [1.82, 2.24) is 14.7 Å². The molecule has 3 heterocycles. The van der Waals surface area contributed by atoms with Gasteiger partial charge < -0.3 is 9.64 Å². The summed E-state index contributed by atoms with van der Waals surface area (Å²) in [7, 11) is 0. The van der Waals surface area contributed by atoms with E-state index in [1.807, 2.05) is 60.4 Å². The fourth-order valence-electron chi connectivity index (χ4n) is 4.15. The van der Waals surface area contributed by atoms with E-state index in [-0.39, 0.29) is 23.3 Å². The molecule has 0 atom stereocenters. The molecule has 6 heteroatoms. The Hall–Kier alpha value is -3.41. The first-order chi connectivity index (χ1) is 14.1. The Morgan fingerprint density at radius 3 is 2.28 bits per heavy atom. The predicted octanol–water partition coefficient (Wildman–Crippen LogP) is 2.95. The first-order valence-corrected chi connectivity index (χ1v) is 9.79. The van der Waals surface area contributed by atoms with Gasteiger partial charge in [-0.1, -0.05) is 36.4 Å². The normalized spacial score (nSPS) is 15.8. The summed E-state index contributed by atoms with van der Waals surface area (Å²) in [5.74, 6) is 1.41. The van der Waals surface area contributed by atoms with E-state index in [1.165, 1.54) is 4.68 Å². The molecule has 0 N–H and O–H groups in total. The van der Waals surface area contributed by atoms with Gasteiger partial charge in [0.05, 0.1) is 18.2 Å². The molecule has 0 aliphatic carbocycles. The second-order valence-electron chi connectivity index (χ2n) is 7.72. The van der Waals surface area contributed by atoms with Crippen molar-refractivity contribution in [2.45, 2.75) is 19.4 Å². The molecule has 1 saturated heterocycles. The fourth-order valence-corrected chi connectivity index (χ4v) is 4.15. The number of aromatic nitrogens is 2. The molecule has 6 nitrogen and oxygen atoms in total. The maximum atomic E-state index is 13.4. The fraction of sp³-hybridized carbons (Fsp3) is 0.261. The molecule has 29 heavy (non-hydrogen) atoms. The highest BCUT2D eigenvalue weighted by molar-refractivity contribution is 5.90. The van der Waals surface area contributed by atoms with Crippen molar-refractivity contribution in [3.63, 3.8) is 0 Å². The zero-order valence-electron chi connectivity index (χ0n) is 16.1. The molecule has 146 valence electrons. The number of carbonyl (C=O) groups is 1. The van der Waals surface area contributed by atoms with Gasteiger partial charge in [-0.15, -0.1) is 0 Å². The van der Waals surface area contributed by atoms with E-state index in [2.05, 4.69) is 5.10 Å². The summed E-state index contributed by atoms with van der Waals surface area (Å²) in [6.07, 6.45) is 0. The number of para-hydroxylation sites is 2. The largest absolute Gasteiger partial charge is 0.457 e. The molecule has 2 aliphatic heterocycles. The van der Waals surface area contributed by atoms with Gasteiger partial charge in [-0.25, -0.2) is 4.68 Å². The topological polar surface area (TPSA) is 64.4 Å². The molecule has 0 unspecified atom stereocenters. The second kappa shape index (κ2) is 6.88. The van der Waals surface area contributed by atoms with Gasteiger partial charge in [0.25, 0.3) is 5.56 Å². The minimum atomic E-state index is -0.364. The van der Waals surface area contributed by atoms with Crippen LogP contribution >= 0.6 is 0 Å². The minimum absolute atomic E-state index is 0.0778. The molecular formula is C23H21N3O3. The van der Waals surface area contributed by atoms with Crippen LogP contribution in [0.5, 0.6) is 11.5 Å². The Morgan fingerprint density at radius 2 is 1.62 bits per heavy atom. The van der Waals surface area contributed by atoms with Gasteiger partial charge in [-0.2, -0.15) is 5.10 Å². The van der Waals surface area contributed by atoms with Crippen molar-refractivity contribution in [1.29, 1.82) is 0 Å². The van der Waals surface area contributed by atoms with Gasteiger partial charge in [0, 0.05) is 36.2 Å². The number of benzene rings is 2. The smallest absolute Gasteiger partial charge is 0.266 e. The third-order valence-corrected chi connectivity index (χ3v) is 5.63. The van der Waals surface area contributed by atoms with Crippen LogP contribution in [0.2, 0.25) is 0 Å². The quantitative estimate of drug-likeness (QED) is 0.693. The number of aryl methyl sites for hydroxylation is 1. The number of nitrogens with zero attached hydrogens (tertiary/aromatic N) is 3. The third-order valence-electron chi connectivity index (χ3n) is 5.63. The predicted molar refractivity (Wildman–Crippen MR) is 108 cm³/mol. The third kappa shape index (κ3) is 3.10. The van der Waals surface area contributed by atoms with Gasteiger partial charge in [0.1, 0.15) is 11.5 Å². The highest BCUT2D eigenvalue weighted by atomic mass is 16.5. The monoisotopic (exact) mass is 387 g/mol. The maximum absolute atomic E-state index is 13.4. The van der Waals surface area contributed by atoms with Gasteiger partial charge in [0.15, 0.2) is 0 Å². The van der Waals surface area contributed by atoms with Crippen LogP contribution in [0.15, 0.2) is 65.5 Å². The second-order valence-corrected chi connectivity index (χ2v) is 7.72. The molecule has 2 aliphatic rings. The van der Waals surface area contributed by atoms with Crippen molar-refractivity contribution in [3.8, 4) is 11.5 Å². The van der Waals surface area contributed by atoms with Crippen molar-refractivity contribution in [2.75, 3.05) is 13.1 Å². The lowest BCUT2D eigenvalue weighted by Crippen LogP contribution is -2.53. The summed E-state index contributed by atoms with van der Waals surface area (Å²) >= 11 is 0. The Kier molecular flexibility index (Phi) is 4.19. The Labute approximate surface area is 168 Å². The van der Waals surface area contributed by atoms with E-state index in [0.717, 1.165) is 28.3 Å². The van der Waals surface area contributed by atoms with Crippen LogP contribution in [-0.4, -0.2) is 33.7 Å².